The summed E-state index contributed by atoms with van der Waals surface area (Å²) in [6.45, 7) is 5.25. The van der Waals surface area contributed by atoms with Crippen molar-refractivity contribution in [3.05, 3.63) is 0 Å². The van der Waals surface area contributed by atoms with Crippen LogP contribution in [0.25, 0.3) is 0 Å². The zero-order valence-corrected chi connectivity index (χ0v) is 21.6. The molecule has 7 atom stereocenters. The van der Waals surface area contributed by atoms with Gasteiger partial charge in [-0.1, -0.05) is 6.92 Å². The fraction of sp³-hybridized carbons (Fsp3) is 0.885. The molecular formula is C26H41F3N4O3. The standard InChI is InChI=1S/C26H41F3N4O3/c1-14-4-9-19(31-25(36)32-23(34)16-5-7-18(8-6-16)26(27,28)29)12-20(14)21-11-17-13-30-15(2)10-22(17)33(3)24(21)35/h14-22,30H,4-13H2,1-3H3,(H2,31,32,34,36). The quantitative estimate of drug-likeness (QED) is 0.534. The van der Waals surface area contributed by atoms with Gasteiger partial charge in [-0.15, -0.1) is 0 Å². The van der Waals surface area contributed by atoms with Crippen molar-refractivity contribution in [2.45, 2.75) is 95.9 Å². The number of piperidine rings is 2. The number of amides is 4. The number of likely N-dealkylation sites (tertiary alicyclic amines) is 1. The highest BCUT2D eigenvalue weighted by Gasteiger charge is 2.47. The number of hydrogen-bond acceptors (Lipinski definition) is 4. The van der Waals surface area contributed by atoms with E-state index in [2.05, 4.69) is 29.8 Å². The number of urea groups is 1. The summed E-state index contributed by atoms with van der Waals surface area (Å²) in [7, 11) is 1.93. The maximum Gasteiger partial charge on any atom is 0.391 e. The van der Waals surface area contributed by atoms with Crippen LogP contribution in [0.5, 0.6) is 0 Å². The largest absolute Gasteiger partial charge is 0.391 e. The highest BCUT2D eigenvalue weighted by Crippen LogP contribution is 2.43. The van der Waals surface area contributed by atoms with E-state index in [-0.39, 0.29) is 55.5 Å². The van der Waals surface area contributed by atoms with Gasteiger partial charge in [0.1, 0.15) is 0 Å². The molecule has 4 aliphatic rings. The molecule has 0 aromatic carbocycles. The van der Waals surface area contributed by atoms with E-state index in [0.29, 0.717) is 24.3 Å². The van der Waals surface area contributed by atoms with E-state index in [1.54, 1.807) is 0 Å². The molecule has 7 nitrogen and oxygen atoms in total. The number of halogens is 3. The molecule has 7 unspecified atom stereocenters. The Morgan fingerprint density at radius 1 is 1.00 bits per heavy atom. The van der Waals surface area contributed by atoms with Crippen LogP contribution in [-0.4, -0.2) is 60.6 Å². The normalized spacial score (nSPS) is 39.8. The third kappa shape index (κ3) is 6.00. The van der Waals surface area contributed by atoms with Gasteiger partial charge in [0.2, 0.25) is 11.8 Å². The first-order valence-electron chi connectivity index (χ1n) is 13.6. The first-order valence-corrected chi connectivity index (χ1v) is 13.6. The first-order chi connectivity index (χ1) is 16.9. The number of fused-ring (bicyclic) bond motifs is 1. The molecule has 0 aromatic heterocycles. The average Bonchev–Trinajstić information content (AvgIpc) is 2.82. The van der Waals surface area contributed by atoms with Crippen LogP contribution in [0.2, 0.25) is 0 Å². The molecule has 2 aliphatic heterocycles. The van der Waals surface area contributed by atoms with Crippen LogP contribution in [0.4, 0.5) is 18.0 Å². The van der Waals surface area contributed by atoms with Crippen LogP contribution in [0, 0.1) is 35.5 Å². The van der Waals surface area contributed by atoms with Crippen molar-refractivity contribution in [3.63, 3.8) is 0 Å². The van der Waals surface area contributed by atoms with E-state index in [0.717, 1.165) is 32.2 Å². The van der Waals surface area contributed by atoms with Crippen molar-refractivity contribution in [2.75, 3.05) is 13.6 Å². The first kappa shape index (κ1) is 27.2. The van der Waals surface area contributed by atoms with Gasteiger partial charge in [0, 0.05) is 43.6 Å². The van der Waals surface area contributed by atoms with Crippen molar-refractivity contribution in [1.29, 1.82) is 0 Å². The molecule has 0 aromatic rings. The fourth-order valence-corrected chi connectivity index (χ4v) is 7.22. The second-order valence-electron chi connectivity index (χ2n) is 11.9. The molecule has 4 rings (SSSR count). The second kappa shape index (κ2) is 10.9. The van der Waals surface area contributed by atoms with Gasteiger partial charge < -0.3 is 15.5 Å². The van der Waals surface area contributed by atoms with Gasteiger partial charge in [-0.25, -0.2) is 4.79 Å². The van der Waals surface area contributed by atoms with Crippen LogP contribution < -0.4 is 16.0 Å². The number of hydrogen-bond donors (Lipinski definition) is 3. The van der Waals surface area contributed by atoms with Crippen molar-refractivity contribution in [2.24, 2.45) is 35.5 Å². The molecule has 0 radical (unpaired) electrons. The average molecular weight is 515 g/mol. The van der Waals surface area contributed by atoms with Gasteiger partial charge in [-0.2, -0.15) is 13.2 Å². The lowest BCUT2D eigenvalue weighted by molar-refractivity contribution is -0.184. The van der Waals surface area contributed by atoms with Crippen molar-refractivity contribution < 1.29 is 27.6 Å². The summed E-state index contributed by atoms with van der Waals surface area (Å²) in [4.78, 5) is 40.4. The molecule has 204 valence electrons. The third-order valence-corrected chi connectivity index (χ3v) is 9.49. The van der Waals surface area contributed by atoms with Crippen LogP contribution in [0.3, 0.4) is 0 Å². The molecular weight excluding hydrogens is 473 g/mol. The van der Waals surface area contributed by atoms with Crippen molar-refractivity contribution >= 4 is 17.8 Å². The summed E-state index contributed by atoms with van der Waals surface area (Å²) in [5.41, 5.74) is 0. The Morgan fingerprint density at radius 3 is 2.36 bits per heavy atom. The summed E-state index contributed by atoms with van der Waals surface area (Å²) in [6, 6.07) is -0.0453. The summed E-state index contributed by atoms with van der Waals surface area (Å²) in [5, 5.41) is 8.82. The summed E-state index contributed by atoms with van der Waals surface area (Å²) in [5.74, 6) is -1.33. The molecule has 2 saturated carbocycles. The molecule has 4 amide bonds. The monoisotopic (exact) mass is 514 g/mol. The second-order valence-corrected chi connectivity index (χ2v) is 11.9. The van der Waals surface area contributed by atoms with E-state index < -0.39 is 30.0 Å². The number of imide groups is 1. The van der Waals surface area contributed by atoms with Crippen molar-refractivity contribution in [3.8, 4) is 0 Å². The molecule has 2 heterocycles. The van der Waals surface area contributed by atoms with Gasteiger partial charge in [0.15, 0.2) is 0 Å². The summed E-state index contributed by atoms with van der Waals surface area (Å²) < 4.78 is 38.7. The van der Waals surface area contributed by atoms with Gasteiger partial charge in [0.25, 0.3) is 0 Å². The lowest BCUT2D eigenvalue weighted by atomic mass is 9.65. The van der Waals surface area contributed by atoms with E-state index >= 15 is 0 Å². The van der Waals surface area contributed by atoms with Crippen LogP contribution in [-0.2, 0) is 9.59 Å². The Hall–Kier alpha value is -1.84. The maximum atomic E-state index is 13.4. The summed E-state index contributed by atoms with van der Waals surface area (Å²) in [6.07, 6.45) is 0.0755. The molecule has 3 N–H and O–H groups in total. The molecule has 2 aliphatic carbocycles. The lowest BCUT2D eigenvalue weighted by Crippen LogP contribution is -2.60. The van der Waals surface area contributed by atoms with Gasteiger partial charge in [-0.05, 0) is 82.5 Å². The number of carbonyl (C=O) groups is 3. The minimum Gasteiger partial charge on any atom is -0.342 e. The van der Waals surface area contributed by atoms with E-state index in [1.807, 2.05) is 11.9 Å². The summed E-state index contributed by atoms with van der Waals surface area (Å²) >= 11 is 0. The number of carbonyl (C=O) groups excluding carboxylic acids is 3. The highest BCUT2D eigenvalue weighted by molar-refractivity contribution is 5.95. The minimum absolute atomic E-state index is 0.0698. The zero-order chi connectivity index (χ0) is 26.2. The number of nitrogens with one attached hydrogen (secondary N) is 3. The molecule has 4 fully saturated rings. The smallest absolute Gasteiger partial charge is 0.342 e. The van der Waals surface area contributed by atoms with Gasteiger partial charge >= 0.3 is 12.2 Å². The SMILES string of the molecule is CC1CC2C(CN1)CC(C1CC(NC(=O)NC(=O)C3CCC(C(F)(F)F)CC3)CCC1C)C(=O)N2C. The molecule has 0 bridgehead atoms. The Morgan fingerprint density at radius 2 is 1.69 bits per heavy atom. The number of rotatable bonds is 3. The van der Waals surface area contributed by atoms with Gasteiger partial charge in [-0.3, -0.25) is 14.9 Å². The van der Waals surface area contributed by atoms with Crippen LogP contribution >= 0.6 is 0 Å². The van der Waals surface area contributed by atoms with Crippen LogP contribution in [0.15, 0.2) is 0 Å². The van der Waals surface area contributed by atoms with Crippen molar-refractivity contribution in [1.82, 2.24) is 20.9 Å². The fourth-order valence-electron chi connectivity index (χ4n) is 7.22. The topological polar surface area (TPSA) is 90.5 Å². The minimum atomic E-state index is -4.23. The van der Waals surface area contributed by atoms with Crippen LogP contribution in [0.1, 0.15) is 71.6 Å². The molecule has 10 heteroatoms. The molecule has 2 saturated heterocycles. The lowest BCUT2D eigenvalue weighted by Gasteiger charge is -2.50. The Balaban J connectivity index is 1.29. The number of alkyl halides is 3. The molecule has 0 spiro atoms. The maximum absolute atomic E-state index is 13.4. The highest BCUT2D eigenvalue weighted by atomic mass is 19.4. The predicted molar refractivity (Wildman–Crippen MR) is 129 cm³/mol. The van der Waals surface area contributed by atoms with E-state index in [4.69, 9.17) is 0 Å². The Labute approximate surface area is 211 Å². The van der Waals surface area contributed by atoms with E-state index in [9.17, 15) is 27.6 Å². The Kier molecular flexibility index (Phi) is 8.22. The number of nitrogens with zero attached hydrogens (tertiary/aromatic N) is 1. The van der Waals surface area contributed by atoms with Gasteiger partial charge in [0.05, 0.1) is 5.92 Å². The molecule has 36 heavy (non-hydrogen) atoms. The Bertz CT molecular complexity index is 830. The van der Waals surface area contributed by atoms with E-state index in [1.165, 1.54) is 0 Å². The predicted octanol–water partition coefficient (Wildman–Crippen LogP) is 3.83. The third-order valence-electron chi connectivity index (χ3n) is 9.49. The zero-order valence-electron chi connectivity index (χ0n) is 21.6.